The van der Waals surface area contributed by atoms with Crippen molar-refractivity contribution in [1.82, 2.24) is 15.0 Å². The van der Waals surface area contributed by atoms with Crippen LogP contribution in [-0.4, -0.2) is 41.1 Å². The van der Waals surface area contributed by atoms with Gasteiger partial charge in [0.25, 0.3) is 5.56 Å². The number of H-pyrrole nitrogens is 1. The highest BCUT2D eigenvalue weighted by Crippen LogP contribution is 2.19. The van der Waals surface area contributed by atoms with Crippen molar-refractivity contribution < 1.29 is 0 Å². The van der Waals surface area contributed by atoms with Gasteiger partial charge in [-0.2, -0.15) is 0 Å². The van der Waals surface area contributed by atoms with Gasteiger partial charge in [0, 0.05) is 38.1 Å². The second kappa shape index (κ2) is 5.96. The summed E-state index contributed by atoms with van der Waals surface area (Å²) in [6, 6.07) is 12.2. The third-order valence-electron chi connectivity index (χ3n) is 4.43. The Bertz CT molecular complexity index is 911. The summed E-state index contributed by atoms with van der Waals surface area (Å²) in [7, 11) is 0. The van der Waals surface area contributed by atoms with Gasteiger partial charge >= 0.3 is 0 Å². The minimum absolute atomic E-state index is 0.184. The standard InChI is InChI=1S/C18H19N5O/c1-13-4-6-14(7-5-13)22-9-11-23(12-10-22)18-20-15-3-2-8-19-16(15)17(24)21-18/h2-8H,9-12H2,1H3,(H,20,21,24). The maximum absolute atomic E-state index is 12.2. The lowest BCUT2D eigenvalue weighted by Gasteiger charge is -2.36. The summed E-state index contributed by atoms with van der Waals surface area (Å²) in [4.78, 5) is 28.2. The second-order valence-electron chi connectivity index (χ2n) is 6.07. The van der Waals surface area contributed by atoms with Gasteiger partial charge in [-0.25, -0.2) is 9.97 Å². The Hall–Kier alpha value is -2.89. The van der Waals surface area contributed by atoms with E-state index in [1.54, 1.807) is 12.3 Å². The molecule has 1 aliphatic heterocycles. The number of hydrogen-bond donors (Lipinski definition) is 1. The van der Waals surface area contributed by atoms with Crippen molar-refractivity contribution in [2.75, 3.05) is 36.0 Å². The van der Waals surface area contributed by atoms with Crippen LogP contribution in [0.3, 0.4) is 0 Å². The number of aromatic nitrogens is 3. The molecule has 0 saturated carbocycles. The summed E-state index contributed by atoms with van der Waals surface area (Å²) >= 11 is 0. The number of piperazine rings is 1. The number of nitrogens with one attached hydrogen (secondary N) is 1. The van der Waals surface area contributed by atoms with E-state index in [0.29, 0.717) is 17.0 Å². The van der Waals surface area contributed by atoms with Gasteiger partial charge in [-0.15, -0.1) is 0 Å². The molecule has 0 bridgehead atoms. The van der Waals surface area contributed by atoms with Crippen LogP contribution in [0, 0.1) is 6.92 Å². The predicted molar refractivity (Wildman–Crippen MR) is 95.8 cm³/mol. The highest BCUT2D eigenvalue weighted by molar-refractivity contribution is 5.73. The van der Waals surface area contributed by atoms with Gasteiger partial charge in [-0.1, -0.05) is 17.7 Å². The molecule has 6 nitrogen and oxygen atoms in total. The Balaban J connectivity index is 1.53. The first-order valence-electron chi connectivity index (χ1n) is 8.12. The van der Waals surface area contributed by atoms with E-state index in [1.165, 1.54) is 11.3 Å². The van der Waals surface area contributed by atoms with E-state index in [2.05, 4.69) is 55.9 Å². The third-order valence-corrected chi connectivity index (χ3v) is 4.43. The van der Waals surface area contributed by atoms with Gasteiger partial charge < -0.3 is 9.80 Å². The molecule has 0 unspecified atom stereocenters. The molecule has 1 fully saturated rings. The van der Waals surface area contributed by atoms with E-state index in [0.717, 1.165) is 26.2 Å². The molecule has 0 amide bonds. The minimum atomic E-state index is -0.184. The predicted octanol–water partition coefficient (Wildman–Crippen LogP) is 1.95. The lowest BCUT2D eigenvalue weighted by molar-refractivity contribution is 0.640. The number of anilines is 2. The number of nitrogens with zero attached hydrogens (tertiary/aromatic N) is 4. The van der Waals surface area contributed by atoms with Crippen molar-refractivity contribution in [3.05, 3.63) is 58.5 Å². The molecule has 4 rings (SSSR count). The van der Waals surface area contributed by atoms with Crippen molar-refractivity contribution in [3.63, 3.8) is 0 Å². The molecule has 1 aliphatic rings. The Morgan fingerprint density at radius 3 is 2.46 bits per heavy atom. The molecule has 122 valence electrons. The SMILES string of the molecule is Cc1ccc(N2CCN(c3nc4cccnc4c(=O)[nH]3)CC2)cc1. The molecule has 1 saturated heterocycles. The van der Waals surface area contributed by atoms with Gasteiger partial charge in [0.05, 0.1) is 5.52 Å². The zero-order valence-corrected chi connectivity index (χ0v) is 13.6. The normalized spacial score (nSPS) is 15.0. The van der Waals surface area contributed by atoms with E-state index in [4.69, 9.17) is 0 Å². The average Bonchev–Trinajstić information content (AvgIpc) is 2.62. The van der Waals surface area contributed by atoms with Gasteiger partial charge in [0.1, 0.15) is 0 Å². The van der Waals surface area contributed by atoms with Gasteiger partial charge in [0.2, 0.25) is 5.95 Å². The third kappa shape index (κ3) is 2.71. The van der Waals surface area contributed by atoms with Crippen LogP contribution in [0.25, 0.3) is 11.0 Å². The summed E-state index contributed by atoms with van der Waals surface area (Å²) in [6.45, 7) is 5.54. The fraction of sp³-hybridized carbons (Fsp3) is 0.278. The second-order valence-corrected chi connectivity index (χ2v) is 6.07. The van der Waals surface area contributed by atoms with Crippen molar-refractivity contribution in [2.24, 2.45) is 0 Å². The summed E-state index contributed by atoms with van der Waals surface area (Å²) in [5.41, 5.74) is 3.35. The first-order valence-corrected chi connectivity index (χ1v) is 8.12. The Morgan fingerprint density at radius 2 is 1.71 bits per heavy atom. The summed E-state index contributed by atoms with van der Waals surface area (Å²) < 4.78 is 0. The van der Waals surface area contributed by atoms with Gasteiger partial charge in [0.15, 0.2) is 5.52 Å². The van der Waals surface area contributed by atoms with Crippen LogP contribution in [0.1, 0.15) is 5.56 Å². The molecule has 6 heteroatoms. The molecule has 0 atom stereocenters. The zero-order valence-electron chi connectivity index (χ0n) is 13.6. The lowest BCUT2D eigenvalue weighted by Crippen LogP contribution is -2.47. The molecule has 0 aliphatic carbocycles. The zero-order chi connectivity index (χ0) is 16.5. The highest BCUT2D eigenvalue weighted by atomic mass is 16.1. The Kier molecular flexibility index (Phi) is 3.65. The number of hydrogen-bond acceptors (Lipinski definition) is 5. The van der Waals surface area contributed by atoms with Crippen LogP contribution in [0.5, 0.6) is 0 Å². The monoisotopic (exact) mass is 321 g/mol. The van der Waals surface area contributed by atoms with Crippen LogP contribution in [0.2, 0.25) is 0 Å². The van der Waals surface area contributed by atoms with Gasteiger partial charge in [-0.3, -0.25) is 9.78 Å². The van der Waals surface area contributed by atoms with Crippen molar-refractivity contribution in [1.29, 1.82) is 0 Å². The Morgan fingerprint density at radius 1 is 1.00 bits per heavy atom. The fourth-order valence-corrected chi connectivity index (χ4v) is 3.05. The first-order chi connectivity index (χ1) is 11.7. The summed E-state index contributed by atoms with van der Waals surface area (Å²) in [5.74, 6) is 0.629. The molecule has 24 heavy (non-hydrogen) atoms. The quantitative estimate of drug-likeness (QED) is 0.781. The average molecular weight is 321 g/mol. The molecular weight excluding hydrogens is 302 g/mol. The van der Waals surface area contributed by atoms with Crippen LogP contribution in [0.4, 0.5) is 11.6 Å². The number of benzene rings is 1. The lowest BCUT2D eigenvalue weighted by atomic mass is 10.2. The molecule has 0 spiro atoms. The highest BCUT2D eigenvalue weighted by Gasteiger charge is 2.19. The van der Waals surface area contributed by atoms with Crippen molar-refractivity contribution in [3.8, 4) is 0 Å². The van der Waals surface area contributed by atoms with Crippen LogP contribution in [-0.2, 0) is 0 Å². The maximum Gasteiger partial charge on any atom is 0.278 e. The van der Waals surface area contributed by atoms with E-state index >= 15 is 0 Å². The molecule has 0 radical (unpaired) electrons. The van der Waals surface area contributed by atoms with Crippen LogP contribution >= 0.6 is 0 Å². The van der Waals surface area contributed by atoms with Crippen molar-refractivity contribution in [2.45, 2.75) is 6.92 Å². The summed E-state index contributed by atoms with van der Waals surface area (Å²) in [6.07, 6.45) is 1.61. The molecule has 3 heterocycles. The first kappa shape index (κ1) is 14.7. The van der Waals surface area contributed by atoms with Crippen LogP contribution in [0.15, 0.2) is 47.4 Å². The molecule has 2 aromatic heterocycles. The van der Waals surface area contributed by atoms with E-state index in [-0.39, 0.29) is 5.56 Å². The number of pyridine rings is 1. The fourth-order valence-electron chi connectivity index (χ4n) is 3.05. The number of aryl methyl sites for hydroxylation is 1. The molecular formula is C18H19N5O. The smallest absolute Gasteiger partial charge is 0.278 e. The van der Waals surface area contributed by atoms with Crippen molar-refractivity contribution >= 4 is 22.7 Å². The maximum atomic E-state index is 12.2. The molecule has 1 N–H and O–H groups in total. The Labute approximate surface area is 139 Å². The molecule has 1 aromatic carbocycles. The van der Waals surface area contributed by atoms with E-state index in [1.807, 2.05) is 6.07 Å². The minimum Gasteiger partial charge on any atom is -0.368 e. The molecule has 3 aromatic rings. The number of rotatable bonds is 2. The van der Waals surface area contributed by atoms with E-state index in [9.17, 15) is 4.79 Å². The summed E-state index contributed by atoms with van der Waals surface area (Å²) in [5, 5.41) is 0. The number of aromatic amines is 1. The topological polar surface area (TPSA) is 65.1 Å². The largest absolute Gasteiger partial charge is 0.368 e. The number of fused-ring (bicyclic) bond motifs is 1. The van der Waals surface area contributed by atoms with E-state index < -0.39 is 0 Å². The van der Waals surface area contributed by atoms with Gasteiger partial charge in [-0.05, 0) is 31.2 Å². The van der Waals surface area contributed by atoms with Crippen LogP contribution < -0.4 is 15.4 Å².